The monoisotopic (exact) mass is 459 g/mol. The highest BCUT2D eigenvalue weighted by Crippen LogP contribution is 2.28. The lowest BCUT2D eigenvalue weighted by Gasteiger charge is -2.18. The summed E-state index contributed by atoms with van der Waals surface area (Å²) >= 11 is 0. The van der Waals surface area contributed by atoms with Gasteiger partial charge < -0.3 is 24.8 Å². The molecule has 30 heavy (non-hydrogen) atoms. The summed E-state index contributed by atoms with van der Waals surface area (Å²) in [6, 6.07) is 10.7. The van der Waals surface area contributed by atoms with Crippen LogP contribution in [0, 0.1) is 0 Å². The van der Waals surface area contributed by atoms with Crippen molar-refractivity contribution in [3.63, 3.8) is 0 Å². The second-order valence-electron chi connectivity index (χ2n) is 6.72. The number of likely N-dealkylation sites (N-methyl/N-ethyl adjacent to an activating group) is 1. The molecule has 0 radical (unpaired) electrons. The second kappa shape index (κ2) is 11.7. The first-order chi connectivity index (χ1) is 13.7. The number of nitrogen functional groups attached to an aromatic ring is 1. The van der Waals surface area contributed by atoms with Crippen LogP contribution in [0.5, 0.6) is 17.2 Å². The Hall–Kier alpha value is -2.36. The number of hydrogen-bond acceptors (Lipinski definition) is 7. The van der Waals surface area contributed by atoms with Gasteiger partial charge in [0.25, 0.3) is 0 Å². The zero-order valence-corrected chi connectivity index (χ0v) is 19.3. The maximum atomic E-state index is 11.3. The molecular weight excluding hydrogens is 430 g/mol. The number of hydrogen-bond donors (Lipinski definition) is 2. The summed E-state index contributed by atoms with van der Waals surface area (Å²) in [6.07, 6.45) is 1.95. The van der Waals surface area contributed by atoms with E-state index >= 15 is 0 Å². The van der Waals surface area contributed by atoms with E-state index in [2.05, 4.69) is 9.62 Å². The molecule has 0 heterocycles. The van der Waals surface area contributed by atoms with Crippen LogP contribution < -0.4 is 24.7 Å². The van der Waals surface area contributed by atoms with Gasteiger partial charge in [0.1, 0.15) is 12.4 Å². The quantitative estimate of drug-likeness (QED) is 0.498. The molecule has 0 spiro atoms. The molecule has 0 aliphatic heterocycles. The number of ether oxygens (including phenoxy) is 3. The predicted molar refractivity (Wildman–Crippen MR) is 123 cm³/mol. The van der Waals surface area contributed by atoms with E-state index < -0.39 is 10.0 Å². The maximum Gasteiger partial charge on any atom is 0.229 e. The van der Waals surface area contributed by atoms with Crippen LogP contribution in [-0.2, 0) is 16.4 Å². The molecular formula is C20H30ClN3O5S. The molecule has 0 unspecified atom stereocenters. The van der Waals surface area contributed by atoms with Gasteiger partial charge in [-0.2, -0.15) is 0 Å². The van der Waals surface area contributed by atoms with E-state index in [1.54, 1.807) is 26.4 Å². The fourth-order valence-corrected chi connectivity index (χ4v) is 3.29. The molecule has 0 saturated heterocycles. The van der Waals surface area contributed by atoms with E-state index in [-0.39, 0.29) is 12.4 Å². The molecule has 2 aromatic rings. The molecule has 8 nitrogen and oxygen atoms in total. The first kappa shape index (κ1) is 25.7. The summed E-state index contributed by atoms with van der Waals surface area (Å²) in [6.45, 7) is 2.03. The van der Waals surface area contributed by atoms with E-state index in [9.17, 15) is 8.42 Å². The molecule has 0 amide bonds. The smallest absolute Gasteiger partial charge is 0.229 e. The number of nitrogens with zero attached hydrogens (tertiary/aromatic N) is 1. The minimum absolute atomic E-state index is 0. The van der Waals surface area contributed by atoms with Gasteiger partial charge in [-0.1, -0.05) is 6.07 Å². The van der Waals surface area contributed by atoms with Gasteiger partial charge in [0.05, 0.1) is 31.9 Å². The van der Waals surface area contributed by atoms with Crippen molar-refractivity contribution in [1.29, 1.82) is 0 Å². The van der Waals surface area contributed by atoms with E-state index in [0.29, 0.717) is 29.5 Å². The van der Waals surface area contributed by atoms with Crippen LogP contribution in [-0.4, -0.2) is 60.5 Å². The van der Waals surface area contributed by atoms with Crippen LogP contribution in [0.4, 0.5) is 11.4 Å². The van der Waals surface area contributed by atoms with Crippen molar-refractivity contribution in [1.82, 2.24) is 4.90 Å². The van der Waals surface area contributed by atoms with E-state index in [0.717, 1.165) is 37.1 Å². The van der Waals surface area contributed by atoms with Crippen molar-refractivity contribution >= 4 is 33.8 Å². The van der Waals surface area contributed by atoms with Gasteiger partial charge >= 0.3 is 0 Å². The van der Waals surface area contributed by atoms with Gasteiger partial charge in [-0.15, -0.1) is 12.4 Å². The van der Waals surface area contributed by atoms with Crippen LogP contribution in [0.1, 0.15) is 5.56 Å². The number of nitrogens with two attached hydrogens (primary N) is 1. The largest absolute Gasteiger partial charge is 0.493 e. The van der Waals surface area contributed by atoms with Crippen molar-refractivity contribution in [2.45, 2.75) is 6.42 Å². The Bertz CT molecular complexity index is 925. The first-order valence-electron chi connectivity index (χ1n) is 9.11. The third-order valence-corrected chi connectivity index (χ3v) is 4.88. The number of sulfonamides is 1. The van der Waals surface area contributed by atoms with Crippen LogP contribution in [0.15, 0.2) is 36.4 Å². The van der Waals surface area contributed by atoms with Crippen molar-refractivity contribution < 1.29 is 22.6 Å². The van der Waals surface area contributed by atoms with Gasteiger partial charge in [-0.25, -0.2) is 8.42 Å². The Labute approximate surface area is 184 Å². The van der Waals surface area contributed by atoms with Crippen molar-refractivity contribution in [3.8, 4) is 17.2 Å². The standard InChI is InChI=1S/C20H29N3O5S.ClH/c1-23(10-9-15-5-7-19(26-2)20(13-15)27-3)11-12-28-18-8-6-16(14-17(18)21)22-29(4,24)25;/h5-8,13-14,22H,9-12,21H2,1-4H3;1H. The first-order valence-corrected chi connectivity index (χ1v) is 11.0. The third-order valence-electron chi connectivity index (χ3n) is 4.27. The Balaban J connectivity index is 0.00000450. The summed E-state index contributed by atoms with van der Waals surface area (Å²) in [5.41, 5.74) is 7.90. The predicted octanol–water partition coefficient (Wildman–Crippen LogP) is 2.63. The molecule has 168 valence electrons. The van der Waals surface area contributed by atoms with Crippen LogP contribution in [0.25, 0.3) is 0 Å². The Morgan fingerprint density at radius 3 is 2.27 bits per heavy atom. The molecule has 2 rings (SSSR count). The number of nitrogens with one attached hydrogen (secondary N) is 1. The zero-order chi connectivity index (χ0) is 21.4. The van der Waals surface area contributed by atoms with Gasteiger partial charge in [0.15, 0.2) is 11.5 Å². The lowest BCUT2D eigenvalue weighted by Crippen LogP contribution is -2.26. The fraction of sp³-hybridized carbons (Fsp3) is 0.400. The van der Waals surface area contributed by atoms with E-state index in [1.165, 1.54) is 6.07 Å². The molecule has 0 aliphatic carbocycles. The molecule has 0 saturated carbocycles. The molecule has 0 atom stereocenters. The molecule has 2 aromatic carbocycles. The number of halogens is 1. The van der Waals surface area contributed by atoms with Crippen molar-refractivity contribution in [2.24, 2.45) is 0 Å². The summed E-state index contributed by atoms with van der Waals surface area (Å²) in [5.74, 6) is 1.96. The lowest BCUT2D eigenvalue weighted by molar-refractivity contribution is 0.239. The average molecular weight is 460 g/mol. The second-order valence-corrected chi connectivity index (χ2v) is 8.47. The average Bonchev–Trinajstić information content (AvgIpc) is 2.66. The Kier molecular flexibility index (Phi) is 10.0. The molecule has 0 aromatic heterocycles. The fourth-order valence-electron chi connectivity index (χ4n) is 2.74. The summed E-state index contributed by atoms with van der Waals surface area (Å²) in [5, 5.41) is 0. The van der Waals surface area contributed by atoms with E-state index in [1.807, 2.05) is 25.2 Å². The molecule has 0 aliphatic rings. The molecule has 10 heteroatoms. The van der Waals surface area contributed by atoms with Crippen LogP contribution in [0.3, 0.4) is 0 Å². The van der Waals surface area contributed by atoms with Gasteiger partial charge in [0.2, 0.25) is 10.0 Å². The van der Waals surface area contributed by atoms with Gasteiger partial charge in [-0.05, 0) is 49.4 Å². The van der Waals surface area contributed by atoms with E-state index in [4.69, 9.17) is 19.9 Å². The highest BCUT2D eigenvalue weighted by atomic mass is 35.5. The lowest BCUT2D eigenvalue weighted by atomic mass is 10.1. The molecule has 3 N–H and O–H groups in total. The number of anilines is 2. The van der Waals surface area contributed by atoms with Gasteiger partial charge in [-0.3, -0.25) is 4.72 Å². The topological polar surface area (TPSA) is 103 Å². The molecule has 0 bridgehead atoms. The Morgan fingerprint density at radius 2 is 1.67 bits per heavy atom. The SMILES string of the molecule is COc1ccc(CCN(C)CCOc2ccc(NS(C)(=O)=O)cc2N)cc1OC.Cl. The van der Waals surface area contributed by atoms with Crippen molar-refractivity contribution in [2.75, 3.05) is 57.7 Å². The van der Waals surface area contributed by atoms with Crippen LogP contribution >= 0.6 is 12.4 Å². The summed E-state index contributed by atoms with van der Waals surface area (Å²) < 4.78 is 41.3. The Morgan fingerprint density at radius 1 is 1.00 bits per heavy atom. The van der Waals surface area contributed by atoms with Crippen LogP contribution in [0.2, 0.25) is 0 Å². The van der Waals surface area contributed by atoms with Crippen molar-refractivity contribution in [3.05, 3.63) is 42.0 Å². The third kappa shape index (κ3) is 8.17. The number of benzene rings is 2. The summed E-state index contributed by atoms with van der Waals surface area (Å²) in [4.78, 5) is 2.16. The molecule has 0 fully saturated rings. The minimum atomic E-state index is -3.34. The number of methoxy groups -OCH3 is 2. The van der Waals surface area contributed by atoms with Gasteiger partial charge in [0, 0.05) is 13.1 Å². The highest BCUT2D eigenvalue weighted by Gasteiger charge is 2.08. The minimum Gasteiger partial charge on any atom is -0.493 e. The normalized spacial score (nSPS) is 11.0. The maximum absolute atomic E-state index is 11.3. The zero-order valence-electron chi connectivity index (χ0n) is 17.7. The highest BCUT2D eigenvalue weighted by molar-refractivity contribution is 7.92. The summed E-state index contributed by atoms with van der Waals surface area (Å²) in [7, 11) is 1.92. The number of rotatable bonds is 11.